The van der Waals surface area contributed by atoms with E-state index in [2.05, 4.69) is 10.6 Å². The molecule has 0 fully saturated rings. The Kier molecular flexibility index (Phi) is 7.30. The van der Waals surface area contributed by atoms with Crippen LogP contribution in [0.4, 0.5) is 20.6 Å². The first-order chi connectivity index (χ1) is 14.2. The fraction of sp³-hybridized carbons (Fsp3) is 0.300. The van der Waals surface area contributed by atoms with Gasteiger partial charge in [-0.3, -0.25) is 10.1 Å². The van der Waals surface area contributed by atoms with Crippen molar-refractivity contribution in [3.63, 3.8) is 0 Å². The van der Waals surface area contributed by atoms with Gasteiger partial charge >= 0.3 is 6.09 Å². The van der Waals surface area contributed by atoms with E-state index in [1.807, 2.05) is 0 Å². The highest BCUT2D eigenvalue weighted by atomic mass is 35.5. The summed E-state index contributed by atoms with van der Waals surface area (Å²) in [6.07, 6.45) is -0.791. The summed E-state index contributed by atoms with van der Waals surface area (Å²) in [5.74, 6) is -1.39. The first kappa shape index (κ1) is 24.6. The van der Waals surface area contributed by atoms with Crippen LogP contribution in [0, 0.1) is 5.82 Å². The Hall–Kier alpha value is -2.69. The summed E-state index contributed by atoms with van der Waals surface area (Å²) in [7, 11) is -1.23. The second-order valence-corrected chi connectivity index (χ2v) is 10.2. The molecule has 0 saturated carbocycles. The van der Waals surface area contributed by atoms with Crippen LogP contribution in [0.5, 0.6) is 0 Å². The molecule has 0 radical (unpaired) electrons. The van der Waals surface area contributed by atoms with Gasteiger partial charge in [-0.05, 0) is 57.2 Å². The number of benzene rings is 2. The Balaban J connectivity index is 2.34. The minimum Gasteiger partial charge on any atom is -0.444 e. The van der Waals surface area contributed by atoms with Gasteiger partial charge in [0, 0.05) is 19.7 Å². The molecule has 0 unspecified atom stereocenters. The maximum atomic E-state index is 13.8. The molecule has 31 heavy (non-hydrogen) atoms. The molecule has 2 aromatic carbocycles. The topological polar surface area (TPSA) is 105 Å². The van der Waals surface area contributed by atoms with Crippen LogP contribution in [0.1, 0.15) is 31.1 Å². The van der Waals surface area contributed by atoms with Crippen LogP contribution >= 0.6 is 11.6 Å². The van der Waals surface area contributed by atoms with E-state index in [0.29, 0.717) is 0 Å². The molecule has 0 heterocycles. The highest BCUT2D eigenvalue weighted by Gasteiger charge is 2.23. The molecule has 0 saturated heterocycles. The maximum absolute atomic E-state index is 13.8. The third-order valence-corrected chi connectivity index (χ3v) is 6.11. The number of nitrogens with zero attached hydrogens (tertiary/aromatic N) is 1. The van der Waals surface area contributed by atoms with Gasteiger partial charge in [0.25, 0.3) is 5.91 Å². The summed E-state index contributed by atoms with van der Waals surface area (Å²) >= 11 is 6.00. The van der Waals surface area contributed by atoms with Gasteiger partial charge in [-0.25, -0.2) is 21.9 Å². The number of carbonyl (C=O) groups excluding carboxylic acids is 2. The SMILES string of the molecule is CN(C)S(=O)(=O)c1cc(C(=O)Nc2cc(F)ccc2NC(=O)OC(C)(C)C)ccc1Cl. The predicted molar refractivity (Wildman–Crippen MR) is 117 cm³/mol. The molecule has 2 amide bonds. The zero-order valence-electron chi connectivity index (χ0n) is 17.6. The highest BCUT2D eigenvalue weighted by molar-refractivity contribution is 7.89. The number of nitrogens with one attached hydrogen (secondary N) is 2. The molecule has 168 valence electrons. The molecule has 0 bridgehead atoms. The Morgan fingerprint density at radius 2 is 1.68 bits per heavy atom. The van der Waals surface area contributed by atoms with E-state index >= 15 is 0 Å². The van der Waals surface area contributed by atoms with Crippen molar-refractivity contribution < 1.29 is 27.1 Å². The standard InChI is InChI=1S/C20H23ClFN3O5S/c1-20(2,3)30-19(27)24-15-9-7-13(22)11-16(15)23-18(26)12-6-8-14(21)17(10-12)31(28,29)25(4)5/h6-11H,1-5H3,(H,23,26)(H,24,27). The monoisotopic (exact) mass is 471 g/mol. The molecule has 0 aromatic heterocycles. The van der Waals surface area contributed by atoms with E-state index in [1.165, 1.54) is 32.3 Å². The van der Waals surface area contributed by atoms with E-state index in [9.17, 15) is 22.4 Å². The molecular weight excluding hydrogens is 449 g/mol. The number of sulfonamides is 1. The third kappa shape index (κ3) is 6.39. The number of anilines is 2. The average molecular weight is 472 g/mol. The minimum absolute atomic E-state index is 0.0303. The number of amides is 2. The van der Waals surface area contributed by atoms with E-state index in [0.717, 1.165) is 22.5 Å². The lowest BCUT2D eigenvalue weighted by atomic mass is 10.2. The van der Waals surface area contributed by atoms with Gasteiger partial charge in [-0.2, -0.15) is 0 Å². The smallest absolute Gasteiger partial charge is 0.412 e. The Bertz CT molecular complexity index is 1110. The molecule has 11 heteroatoms. The van der Waals surface area contributed by atoms with Gasteiger partial charge in [-0.1, -0.05) is 11.6 Å². The molecule has 2 rings (SSSR count). The summed E-state index contributed by atoms with van der Waals surface area (Å²) in [5.41, 5.74) is -0.732. The Morgan fingerprint density at radius 1 is 1.03 bits per heavy atom. The second-order valence-electron chi connectivity index (χ2n) is 7.70. The number of carbonyl (C=O) groups is 2. The van der Waals surface area contributed by atoms with Gasteiger partial charge in [0.15, 0.2) is 0 Å². The number of hydrogen-bond donors (Lipinski definition) is 2. The zero-order valence-corrected chi connectivity index (χ0v) is 19.2. The van der Waals surface area contributed by atoms with Crippen molar-refractivity contribution in [3.05, 3.63) is 52.8 Å². The Labute approximate surface area is 185 Å². The van der Waals surface area contributed by atoms with Gasteiger partial charge in [0.05, 0.1) is 16.4 Å². The molecule has 8 nitrogen and oxygen atoms in total. The van der Waals surface area contributed by atoms with E-state index in [4.69, 9.17) is 16.3 Å². The Morgan fingerprint density at radius 3 is 2.26 bits per heavy atom. The maximum Gasteiger partial charge on any atom is 0.412 e. The summed E-state index contributed by atoms with van der Waals surface area (Å²) in [6.45, 7) is 5.04. The lowest BCUT2D eigenvalue weighted by molar-refractivity contribution is 0.0635. The average Bonchev–Trinajstić information content (AvgIpc) is 2.62. The molecular formula is C20H23ClFN3O5S. The van der Waals surface area contributed by atoms with Crippen LogP contribution in [0.3, 0.4) is 0 Å². The van der Waals surface area contributed by atoms with Crippen LogP contribution in [-0.4, -0.2) is 44.4 Å². The van der Waals surface area contributed by atoms with Crippen LogP contribution in [0.25, 0.3) is 0 Å². The fourth-order valence-electron chi connectivity index (χ4n) is 2.38. The first-order valence-electron chi connectivity index (χ1n) is 9.03. The minimum atomic E-state index is -3.90. The van der Waals surface area contributed by atoms with Crippen LogP contribution in [-0.2, 0) is 14.8 Å². The second kappa shape index (κ2) is 9.21. The summed E-state index contributed by atoms with van der Waals surface area (Å²) < 4.78 is 44.7. The molecule has 0 spiro atoms. The molecule has 2 N–H and O–H groups in total. The van der Waals surface area contributed by atoms with Crippen molar-refractivity contribution in [2.75, 3.05) is 24.7 Å². The van der Waals surface area contributed by atoms with Crippen LogP contribution in [0.15, 0.2) is 41.3 Å². The van der Waals surface area contributed by atoms with E-state index in [-0.39, 0.29) is 26.9 Å². The molecule has 2 aromatic rings. The zero-order chi connectivity index (χ0) is 23.6. The molecule has 0 atom stereocenters. The van der Waals surface area contributed by atoms with Crippen molar-refractivity contribution in [3.8, 4) is 0 Å². The van der Waals surface area contributed by atoms with E-state index < -0.39 is 33.4 Å². The van der Waals surface area contributed by atoms with Crippen molar-refractivity contribution in [1.82, 2.24) is 4.31 Å². The molecule has 0 aliphatic heterocycles. The number of rotatable bonds is 5. The summed E-state index contributed by atoms with van der Waals surface area (Å²) in [6, 6.07) is 7.10. The summed E-state index contributed by atoms with van der Waals surface area (Å²) in [5, 5.41) is 4.85. The van der Waals surface area contributed by atoms with Gasteiger partial charge in [-0.15, -0.1) is 0 Å². The molecule has 0 aliphatic rings. The number of halogens is 2. The summed E-state index contributed by atoms with van der Waals surface area (Å²) in [4.78, 5) is 24.5. The van der Waals surface area contributed by atoms with Crippen LogP contribution in [0.2, 0.25) is 5.02 Å². The normalized spacial score (nSPS) is 11.9. The lowest BCUT2D eigenvalue weighted by Gasteiger charge is -2.20. The number of hydrogen-bond acceptors (Lipinski definition) is 5. The van der Waals surface area contributed by atoms with Gasteiger partial charge in [0.1, 0.15) is 16.3 Å². The van der Waals surface area contributed by atoms with Crippen molar-refractivity contribution in [2.24, 2.45) is 0 Å². The van der Waals surface area contributed by atoms with Crippen molar-refractivity contribution >= 4 is 45.0 Å². The largest absolute Gasteiger partial charge is 0.444 e. The quantitative estimate of drug-likeness (QED) is 0.675. The fourth-order valence-corrected chi connectivity index (χ4v) is 3.77. The van der Waals surface area contributed by atoms with Crippen molar-refractivity contribution in [2.45, 2.75) is 31.3 Å². The van der Waals surface area contributed by atoms with Crippen LogP contribution < -0.4 is 10.6 Å². The van der Waals surface area contributed by atoms with Crippen molar-refractivity contribution in [1.29, 1.82) is 0 Å². The number of ether oxygens (including phenoxy) is 1. The van der Waals surface area contributed by atoms with Gasteiger partial charge in [0.2, 0.25) is 10.0 Å². The van der Waals surface area contributed by atoms with Gasteiger partial charge < -0.3 is 10.1 Å². The first-order valence-corrected chi connectivity index (χ1v) is 10.9. The van der Waals surface area contributed by atoms with E-state index in [1.54, 1.807) is 20.8 Å². The third-order valence-electron chi connectivity index (χ3n) is 3.82. The molecule has 0 aliphatic carbocycles. The predicted octanol–water partition coefficient (Wildman–Crippen LogP) is 4.33. The lowest BCUT2D eigenvalue weighted by Crippen LogP contribution is -2.27. The highest BCUT2D eigenvalue weighted by Crippen LogP contribution is 2.27.